The number of aliphatic hydroxyl groups excluding tert-OH is 2. The number of allylic oxidation sites excluding steroid dienone is 8. The Bertz CT molecular complexity index is 1110. The predicted molar refractivity (Wildman–Crippen MR) is 133 cm³/mol. The smallest absolute Gasteiger partial charge is 0.326 e. The second kappa shape index (κ2) is 12.1. The molecule has 0 bridgehead atoms. The summed E-state index contributed by atoms with van der Waals surface area (Å²) in [5, 5.41) is 28.5. The van der Waals surface area contributed by atoms with E-state index in [1.54, 1.807) is 30.4 Å². The summed E-state index contributed by atoms with van der Waals surface area (Å²) in [7, 11) is 0. The third-order valence-corrected chi connectivity index (χ3v) is 5.97. The van der Waals surface area contributed by atoms with Gasteiger partial charge in [-0.2, -0.15) is 0 Å². The second-order valence-corrected chi connectivity index (χ2v) is 9.02. The van der Waals surface area contributed by atoms with E-state index >= 15 is 0 Å². The van der Waals surface area contributed by atoms with Crippen LogP contribution in [0.5, 0.6) is 0 Å². The van der Waals surface area contributed by atoms with Crippen molar-refractivity contribution in [3.05, 3.63) is 70.6 Å². The Balaban J connectivity index is 2.48. The third kappa shape index (κ3) is 6.48. The molecule has 0 saturated carbocycles. The molecular formula is C26H30ClNO8. The van der Waals surface area contributed by atoms with Gasteiger partial charge in [0.2, 0.25) is 17.2 Å². The maximum Gasteiger partial charge on any atom is 0.326 e. The van der Waals surface area contributed by atoms with Gasteiger partial charge < -0.3 is 25.0 Å². The monoisotopic (exact) mass is 519 g/mol. The first-order valence-electron chi connectivity index (χ1n) is 11.3. The number of hydrogen-bond donors (Lipinski definition) is 3. The number of aliphatic carboxylic acids is 1. The van der Waals surface area contributed by atoms with Gasteiger partial charge in [0.25, 0.3) is 0 Å². The van der Waals surface area contributed by atoms with Crippen LogP contribution in [0.4, 0.5) is 0 Å². The number of carbonyl (C=O) groups is 4. The van der Waals surface area contributed by atoms with E-state index in [-0.39, 0.29) is 22.6 Å². The van der Waals surface area contributed by atoms with Crippen molar-refractivity contribution in [3.63, 3.8) is 0 Å². The molecule has 36 heavy (non-hydrogen) atoms. The van der Waals surface area contributed by atoms with E-state index in [1.165, 1.54) is 31.0 Å². The molecular weight excluding hydrogens is 490 g/mol. The van der Waals surface area contributed by atoms with E-state index < -0.39 is 53.8 Å². The molecule has 0 amide bonds. The zero-order valence-electron chi connectivity index (χ0n) is 20.5. The van der Waals surface area contributed by atoms with E-state index in [2.05, 4.69) is 0 Å². The largest absolute Gasteiger partial charge is 0.480 e. The lowest BCUT2D eigenvalue weighted by Gasteiger charge is -2.37. The highest BCUT2D eigenvalue weighted by atomic mass is 35.5. The summed E-state index contributed by atoms with van der Waals surface area (Å²) < 4.78 is 5.22. The number of carboxylic acids is 1. The summed E-state index contributed by atoms with van der Waals surface area (Å²) in [6.45, 7) is 5.82. The molecule has 0 spiro atoms. The van der Waals surface area contributed by atoms with Gasteiger partial charge in [-0.25, -0.2) is 4.79 Å². The maximum atomic E-state index is 13.4. The van der Waals surface area contributed by atoms with E-state index in [0.29, 0.717) is 5.70 Å². The van der Waals surface area contributed by atoms with Crippen LogP contribution in [0.25, 0.3) is 0 Å². The molecule has 1 aliphatic carbocycles. The van der Waals surface area contributed by atoms with Gasteiger partial charge in [0.15, 0.2) is 0 Å². The number of aliphatic hydroxyl groups is 2. The minimum absolute atomic E-state index is 0.0836. The average molecular weight is 520 g/mol. The van der Waals surface area contributed by atoms with Gasteiger partial charge in [-0.15, -0.1) is 0 Å². The van der Waals surface area contributed by atoms with Crippen molar-refractivity contribution in [3.8, 4) is 0 Å². The fourth-order valence-corrected chi connectivity index (χ4v) is 3.99. The van der Waals surface area contributed by atoms with Gasteiger partial charge in [0.1, 0.15) is 6.04 Å². The van der Waals surface area contributed by atoms with E-state index in [9.17, 15) is 34.5 Å². The van der Waals surface area contributed by atoms with E-state index in [4.69, 9.17) is 16.3 Å². The Kier molecular flexibility index (Phi) is 9.75. The average Bonchev–Trinajstić information content (AvgIpc) is 2.79. The van der Waals surface area contributed by atoms with Crippen LogP contribution in [-0.4, -0.2) is 67.6 Å². The second-order valence-electron chi connectivity index (χ2n) is 8.64. The summed E-state index contributed by atoms with van der Waals surface area (Å²) in [5.74, 6) is -4.00. The Morgan fingerprint density at radius 2 is 1.78 bits per heavy atom. The van der Waals surface area contributed by atoms with Crippen molar-refractivity contribution in [2.45, 2.75) is 64.4 Å². The van der Waals surface area contributed by atoms with Crippen molar-refractivity contribution in [1.29, 1.82) is 0 Å². The SMILES string of the molecule is C/C=C/C=C/C=C/C1=CC2=C(Cl)C(=O)C(C)(OC(=O)CC(O)CC(C)O)C(=O)C2=CN1C(C)C(=O)O. The molecule has 0 saturated heterocycles. The maximum absolute atomic E-state index is 13.4. The number of nitrogens with zero attached hydrogens (tertiary/aromatic N) is 1. The number of Topliss-reactive ketones (excluding diaryl/α,β-unsaturated/α-hetero) is 2. The molecule has 10 heteroatoms. The fraction of sp³-hybridized carbons (Fsp3) is 0.385. The molecule has 0 fully saturated rings. The van der Waals surface area contributed by atoms with Crippen LogP contribution in [0.15, 0.2) is 70.6 Å². The standard InChI is InChI=1S/C26H30ClNO8/c1-5-6-7-8-9-10-17-12-19-20(14-28(17)16(3)25(34)35)23(32)26(4,24(33)22(19)27)36-21(31)13-18(30)11-15(2)29/h5-10,12,14-16,18,29-30H,11,13H2,1-4H3,(H,34,35)/b6-5+,8-7+,10-9+. The number of rotatable bonds is 10. The highest BCUT2D eigenvalue weighted by Gasteiger charge is 2.53. The minimum Gasteiger partial charge on any atom is -0.480 e. The van der Waals surface area contributed by atoms with Gasteiger partial charge in [0, 0.05) is 23.0 Å². The molecule has 2 aliphatic rings. The predicted octanol–water partition coefficient (Wildman–Crippen LogP) is 2.70. The Hall–Kier alpha value is -3.27. The molecule has 0 aromatic carbocycles. The number of esters is 1. The summed E-state index contributed by atoms with van der Waals surface area (Å²) in [6, 6.07) is -1.08. The number of fused-ring (bicyclic) bond motifs is 1. The topological polar surface area (TPSA) is 141 Å². The number of hydrogen-bond acceptors (Lipinski definition) is 8. The molecule has 0 aromatic rings. The van der Waals surface area contributed by atoms with Crippen LogP contribution < -0.4 is 0 Å². The lowest BCUT2D eigenvalue weighted by Crippen LogP contribution is -2.52. The number of ketones is 2. The first-order chi connectivity index (χ1) is 16.8. The van der Waals surface area contributed by atoms with Crippen molar-refractivity contribution in [2.24, 2.45) is 0 Å². The zero-order valence-corrected chi connectivity index (χ0v) is 21.2. The molecule has 1 heterocycles. The molecule has 9 nitrogen and oxygen atoms in total. The summed E-state index contributed by atoms with van der Waals surface area (Å²) in [6.07, 6.45) is 10.3. The first kappa shape index (κ1) is 29.0. The quantitative estimate of drug-likeness (QED) is 0.225. The van der Waals surface area contributed by atoms with Crippen LogP contribution >= 0.6 is 11.6 Å². The third-order valence-electron chi connectivity index (χ3n) is 5.60. The molecule has 0 aromatic heterocycles. The number of ether oxygens (including phenoxy) is 1. The Labute approximate surface area is 214 Å². The normalized spacial score (nSPS) is 23.1. The van der Waals surface area contributed by atoms with Gasteiger partial charge in [-0.05, 0) is 46.3 Å². The lowest BCUT2D eigenvalue weighted by molar-refractivity contribution is -0.170. The fourth-order valence-electron chi connectivity index (χ4n) is 3.65. The summed E-state index contributed by atoms with van der Waals surface area (Å²) in [4.78, 5) is 52.0. The molecule has 1 aliphatic heterocycles. The highest BCUT2D eigenvalue weighted by molar-refractivity contribution is 6.49. The number of halogens is 1. The molecule has 194 valence electrons. The molecule has 4 atom stereocenters. The van der Waals surface area contributed by atoms with Crippen LogP contribution in [0.2, 0.25) is 0 Å². The van der Waals surface area contributed by atoms with E-state index in [0.717, 1.165) is 6.92 Å². The van der Waals surface area contributed by atoms with Crippen molar-refractivity contribution >= 4 is 35.1 Å². The van der Waals surface area contributed by atoms with Crippen LogP contribution in [0, 0.1) is 0 Å². The number of carbonyl (C=O) groups excluding carboxylic acids is 3. The minimum atomic E-state index is -2.30. The Morgan fingerprint density at radius 3 is 2.36 bits per heavy atom. The lowest BCUT2D eigenvalue weighted by atomic mass is 9.79. The molecule has 4 unspecified atom stereocenters. The van der Waals surface area contributed by atoms with Gasteiger partial charge >= 0.3 is 11.9 Å². The van der Waals surface area contributed by atoms with Crippen molar-refractivity contribution in [1.82, 2.24) is 4.90 Å². The van der Waals surface area contributed by atoms with Crippen LogP contribution in [-0.2, 0) is 23.9 Å². The van der Waals surface area contributed by atoms with Crippen LogP contribution in [0.3, 0.4) is 0 Å². The highest BCUT2D eigenvalue weighted by Crippen LogP contribution is 2.40. The molecule has 3 N–H and O–H groups in total. The Morgan fingerprint density at radius 1 is 1.14 bits per heavy atom. The zero-order chi connectivity index (χ0) is 27.2. The van der Waals surface area contributed by atoms with Gasteiger partial charge in [-0.1, -0.05) is 42.0 Å². The van der Waals surface area contributed by atoms with Crippen molar-refractivity contribution < 1.29 is 39.2 Å². The van der Waals surface area contributed by atoms with E-state index in [1.807, 2.05) is 13.0 Å². The number of carboxylic acid groups (broad SMARTS) is 1. The summed E-state index contributed by atoms with van der Waals surface area (Å²) >= 11 is 6.34. The van der Waals surface area contributed by atoms with Gasteiger partial charge in [-0.3, -0.25) is 14.4 Å². The van der Waals surface area contributed by atoms with Crippen molar-refractivity contribution in [2.75, 3.05) is 0 Å². The molecule has 0 radical (unpaired) electrons. The van der Waals surface area contributed by atoms with Gasteiger partial charge in [0.05, 0.1) is 23.7 Å². The van der Waals surface area contributed by atoms with Crippen LogP contribution in [0.1, 0.15) is 40.5 Å². The summed E-state index contributed by atoms with van der Waals surface area (Å²) in [5.41, 5.74) is -1.94. The molecule has 2 rings (SSSR count). The first-order valence-corrected chi connectivity index (χ1v) is 11.7.